The number of benzene rings is 1. The highest BCUT2D eigenvalue weighted by Gasteiger charge is 2.51. The Morgan fingerprint density at radius 2 is 1.77 bits per heavy atom. The van der Waals surface area contributed by atoms with Gasteiger partial charge in [0.25, 0.3) is 5.91 Å². The van der Waals surface area contributed by atoms with Crippen molar-refractivity contribution in [3.05, 3.63) is 35.6 Å². The highest BCUT2D eigenvalue weighted by Crippen LogP contribution is 2.32. The van der Waals surface area contributed by atoms with Gasteiger partial charge in [-0.15, -0.1) is 0 Å². The third-order valence-electron chi connectivity index (χ3n) is 4.16. The van der Waals surface area contributed by atoms with Crippen LogP contribution in [0.5, 0.6) is 0 Å². The van der Waals surface area contributed by atoms with Gasteiger partial charge in [0.05, 0.1) is 6.54 Å². The second-order valence-electron chi connectivity index (χ2n) is 5.82. The lowest BCUT2D eigenvalue weighted by Gasteiger charge is -2.25. The molecule has 1 aliphatic heterocycles. The van der Waals surface area contributed by atoms with Crippen molar-refractivity contribution in [2.45, 2.75) is 25.8 Å². The van der Waals surface area contributed by atoms with Crippen molar-refractivity contribution in [2.75, 3.05) is 19.6 Å². The average Bonchev–Trinajstić information content (AvgIpc) is 2.86. The molecule has 3 N–H and O–H groups in total. The molecule has 0 unspecified atom stereocenters. The number of imide groups is 1. The number of rotatable bonds is 7. The maximum atomic E-state index is 13.2. The van der Waals surface area contributed by atoms with E-state index in [9.17, 15) is 23.6 Å². The average molecular weight is 364 g/mol. The monoisotopic (exact) mass is 364 g/mol. The van der Waals surface area contributed by atoms with E-state index in [-0.39, 0.29) is 18.9 Å². The van der Waals surface area contributed by atoms with Crippen molar-refractivity contribution < 1.29 is 23.6 Å². The van der Waals surface area contributed by atoms with E-state index < -0.39 is 35.7 Å². The van der Waals surface area contributed by atoms with Gasteiger partial charge in [-0.2, -0.15) is 0 Å². The number of likely N-dealkylation sites (N-methyl/N-ethyl adjacent to an activating group) is 1. The van der Waals surface area contributed by atoms with Crippen LogP contribution in [0.1, 0.15) is 25.8 Å². The minimum Gasteiger partial charge on any atom is -0.355 e. The smallest absolute Gasteiger partial charge is 0.325 e. The minimum atomic E-state index is -1.34. The topological polar surface area (TPSA) is 108 Å². The molecule has 0 spiro atoms. The molecule has 1 aromatic carbocycles. The summed E-state index contributed by atoms with van der Waals surface area (Å²) >= 11 is 0. The summed E-state index contributed by atoms with van der Waals surface area (Å²) in [6.07, 6.45) is 0.236. The molecule has 9 heteroatoms. The molecule has 0 aliphatic carbocycles. The number of urea groups is 1. The number of carbonyl (C=O) groups excluding carboxylic acids is 4. The Balaban J connectivity index is 2.10. The summed E-state index contributed by atoms with van der Waals surface area (Å²) < 4.78 is 13.2. The molecule has 2 rings (SSSR count). The molecule has 1 fully saturated rings. The number of hydrogen-bond acceptors (Lipinski definition) is 4. The van der Waals surface area contributed by atoms with E-state index in [0.717, 1.165) is 4.90 Å². The van der Waals surface area contributed by atoms with Crippen LogP contribution in [-0.4, -0.2) is 48.3 Å². The molecule has 8 nitrogen and oxygen atoms in total. The summed E-state index contributed by atoms with van der Waals surface area (Å²) in [5.74, 6) is -2.05. The molecular formula is C17H21FN4O4. The number of nitrogens with zero attached hydrogens (tertiary/aromatic N) is 1. The summed E-state index contributed by atoms with van der Waals surface area (Å²) in [7, 11) is 0. The predicted octanol–water partition coefficient (Wildman–Crippen LogP) is 0.235. The minimum absolute atomic E-state index is 0.236. The largest absolute Gasteiger partial charge is 0.355 e. The van der Waals surface area contributed by atoms with Crippen molar-refractivity contribution in [3.63, 3.8) is 0 Å². The Morgan fingerprint density at radius 1 is 1.12 bits per heavy atom. The number of halogens is 1. The SMILES string of the molecule is CCNC(=O)CNC(=O)CN1C(=O)N[C@](CC)(c2ccc(F)cc2)C1=O. The van der Waals surface area contributed by atoms with Gasteiger partial charge >= 0.3 is 6.03 Å². The lowest BCUT2D eigenvalue weighted by Crippen LogP contribution is -2.46. The fraction of sp³-hybridized carbons (Fsp3) is 0.412. The van der Waals surface area contributed by atoms with E-state index in [1.165, 1.54) is 24.3 Å². The van der Waals surface area contributed by atoms with Gasteiger partial charge in [-0.25, -0.2) is 9.18 Å². The van der Waals surface area contributed by atoms with Crippen LogP contribution in [-0.2, 0) is 19.9 Å². The fourth-order valence-electron chi connectivity index (χ4n) is 2.78. The van der Waals surface area contributed by atoms with E-state index in [1.54, 1.807) is 13.8 Å². The first-order valence-corrected chi connectivity index (χ1v) is 8.27. The highest BCUT2D eigenvalue weighted by atomic mass is 19.1. The normalized spacial score (nSPS) is 19.3. The van der Waals surface area contributed by atoms with Gasteiger partial charge in [0, 0.05) is 6.54 Å². The first-order valence-electron chi connectivity index (χ1n) is 8.27. The molecular weight excluding hydrogens is 343 g/mol. The summed E-state index contributed by atoms with van der Waals surface area (Å²) in [6.45, 7) is 3.13. The van der Waals surface area contributed by atoms with Crippen LogP contribution in [0.3, 0.4) is 0 Å². The van der Waals surface area contributed by atoms with Gasteiger partial charge in [-0.3, -0.25) is 19.3 Å². The van der Waals surface area contributed by atoms with E-state index in [1.807, 2.05) is 0 Å². The molecule has 1 atom stereocenters. The molecule has 1 saturated heterocycles. The molecule has 1 heterocycles. The van der Waals surface area contributed by atoms with Gasteiger partial charge in [0.1, 0.15) is 17.9 Å². The second-order valence-corrected chi connectivity index (χ2v) is 5.82. The van der Waals surface area contributed by atoms with Gasteiger partial charge < -0.3 is 16.0 Å². The van der Waals surface area contributed by atoms with Gasteiger partial charge in [-0.05, 0) is 31.0 Å². The zero-order chi connectivity index (χ0) is 19.3. The second kappa shape index (κ2) is 7.94. The summed E-state index contributed by atoms with van der Waals surface area (Å²) in [5.41, 5.74) is -0.907. The van der Waals surface area contributed by atoms with Crippen molar-refractivity contribution in [1.82, 2.24) is 20.9 Å². The van der Waals surface area contributed by atoms with Gasteiger partial charge in [0.2, 0.25) is 11.8 Å². The third-order valence-corrected chi connectivity index (χ3v) is 4.16. The van der Waals surface area contributed by atoms with E-state index in [4.69, 9.17) is 0 Å². The predicted molar refractivity (Wildman–Crippen MR) is 90.3 cm³/mol. The first kappa shape index (κ1) is 19.4. The molecule has 140 valence electrons. The highest BCUT2D eigenvalue weighted by molar-refractivity contribution is 6.09. The van der Waals surface area contributed by atoms with Crippen molar-refractivity contribution >= 4 is 23.8 Å². The summed E-state index contributed by atoms with van der Waals surface area (Å²) in [6, 6.07) is 4.54. The molecule has 0 radical (unpaired) electrons. The number of carbonyl (C=O) groups is 4. The van der Waals surface area contributed by atoms with Gasteiger partial charge in [0.15, 0.2) is 0 Å². The lowest BCUT2D eigenvalue weighted by atomic mass is 9.87. The molecule has 26 heavy (non-hydrogen) atoms. The van der Waals surface area contributed by atoms with Crippen molar-refractivity contribution in [3.8, 4) is 0 Å². The molecule has 1 aliphatic rings. The Morgan fingerprint density at radius 3 is 2.35 bits per heavy atom. The third kappa shape index (κ3) is 3.81. The van der Waals surface area contributed by atoms with Crippen molar-refractivity contribution in [1.29, 1.82) is 0 Å². The lowest BCUT2D eigenvalue weighted by molar-refractivity contribution is -0.135. The number of nitrogens with one attached hydrogen (secondary N) is 3. The van der Waals surface area contributed by atoms with Crippen LogP contribution < -0.4 is 16.0 Å². The quantitative estimate of drug-likeness (QED) is 0.602. The number of hydrogen-bond donors (Lipinski definition) is 3. The molecule has 1 aromatic rings. The Labute approximate surface area is 150 Å². The Hall–Kier alpha value is -2.97. The van der Waals surface area contributed by atoms with Crippen LogP contribution in [0.2, 0.25) is 0 Å². The molecule has 0 aromatic heterocycles. The molecule has 0 bridgehead atoms. The Kier molecular flexibility index (Phi) is 5.91. The van der Waals surface area contributed by atoms with Crippen LogP contribution in [0.4, 0.5) is 9.18 Å². The maximum Gasteiger partial charge on any atom is 0.325 e. The van der Waals surface area contributed by atoms with Crippen molar-refractivity contribution in [2.24, 2.45) is 0 Å². The zero-order valence-corrected chi connectivity index (χ0v) is 14.6. The molecule has 0 saturated carbocycles. The standard InChI is InChI=1S/C17H21FN4O4/c1-3-17(11-5-7-12(18)8-6-11)15(25)22(16(26)21-17)10-14(24)20-9-13(23)19-4-2/h5-8H,3-4,9-10H2,1-2H3,(H,19,23)(H,20,24)(H,21,26)/t17-/m1/s1. The van der Waals surface area contributed by atoms with Crippen LogP contribution in [0.25, 0.3) is 0 Å². The van der Waals surface area contributed by atoms with E-state index >= 15 is 0 Å². The molecule has 5 amide bonds. The van der Waals surface area contributed by atoms with Gasteiger partial charge in [-0.1, -0.05) is 19.1 Å². The van der Waals surface area contributed by atoms with E-state index in [0.29, 0.717) is 12.1 Å². The van der Waals surface area contributed by atoms with Crippen LogP contribution >= 0.6 is 0 Å². The number of amides is 5. The summed E-state index contributed by atoms with van der Waals surface area (Å²) in [4.78, 5) is 49.2. The fourth-order valence-corrected chi connectivity index (χ4v) is 2.78. The van der Waals surface area contributed by atoms with Crippen LogP contribution in [0, 0.1) is 5.82 Å². The van der Waals surface area contributed by atoms with Crippen LogP contribution in [0.15, 0.2) is 24.3 Å². The first-order chi connectivity index (χ1) is 12.3. The van der Waals surface area contributed by atoms with E-state index in [2.05, 4.69) is 16.0 Å². The summed E-state index contributed by atoms with van der Waals surface area (Å²) in [5, 5.41) is 7.47. The maximum absolute atomic E-state index is 13.2. The zero-order valence-electron chi connectivity index (χ0n) is 14.6. The Bertz CT molecular complexity index is 722.